The van der Waals surface area contributed by atoms with Gasteiger partial charge in [0.1, 0.15) is 5.69 Å². The van der Waals surface area contributed by atoms with Gasteiger partial charge in [-0.2, -0.15) is 5.10 Å². The lowest BCUT2D eigenvalue weighted by Crippen LogP contribution is -2.41. The fourth-order valence-corrected chi connectivity index (χ4v) is 2.31. The minimum atomic E-state index is 0.0227. The molecule has 1 aliphatic heterocycles. The number of aromatic nitrogens is 2. The summed E-state index contributed by atoms with van der Waals surface area (Å²) in [4.78, 5) is 14.0. The second kappa shape index (κ2) is 6.33. The highest BCUT2D eigenvalue weighted by atomic mass is 79.9. The zero-order valence-corrected chi connectivity index (χ0v) is 12.1. The number of hydrogen-bond donors (Lipinski definition) is 0. The Labute approximate surface area is 115 Å². The number of likely N-dealkylation sites (tertiary alicyclic amines) is 1. The maximum atomic E-state index is 12.1. The number of amides is 1. The lowest BCUT2D eigenvalue weighted by Gasteiger charge is -2.31. The summed E-state index contributed by atoms with van der Waals surface area (Å²) in [6, 6.07) is 1.76. The molecule has 1 fully saturated rings. The second-order valence-corrected chi connectivity index (χ2v) is 5.22. The van der Waals surface area contributed by atoms with Gasteiger partial charge in [0.25, 0.3) is 5.91 Å². The third-order valence-electron chi connectivity index (χ3n) is 3.09. The molecule has 5 nitrogen and oxygen atoms in total. The minimum absolute atomic E-state index is 0.0227. The third kappa shape index (κ3) is 3.32. The molecular weight excluding hydrogens is 298 g/mol. The second-order valence-electron chi connectivity index (χ2n) is 4.43. The van der Waals surface area contributed by atoms with E-state index in [1.165, 1.54) is 0 Å². The van der Waals surface area contributed by atoms with E-state index in [9.17, 15) is 4.79 Å². The van der Waals surface area contributed by atoms with Crippen LogP contribution in [0.2, 0.25) is 0 Å². The highest BCUT2D eigenvalue weighted by molar-refractivity contribution is 9.09. The Kier molecular flexibility index (Phi) is 4.77. The van der Waals surface area contributed by atoms with Gasteiger partial charge in [0, 0.05) is 31.7 Å². The molecule has 0 atom stereocenters. The number of carbonyl (C=O) groups is 1. The van der Waals surface area contributed by atoms with Gasteiger partial charge >= 0.3 is 0 Å². The molecule has 1 aliphatic rings. The summed E-state index contributed by atoms with van der Waals surface area (Å²) in [5.74, 6) is 0.0227. The van der Waals surface area contributed by atoms with Gasteiger partial charge < -0.3 is 9.64 Å². The van der Waals surface area contributed by atoms with Crippen LogP contribution in [-0.4, -0.2) is 51.7 Å². The summed E-state index contributed by atoms with van der Waals surface area (Å²) in [5, 5.41) is 5.00. The van der Waals surface area contributed by atoms with Crippen LogP contribution in [-0.2, 0) is 11.8 Å². The monoisotopic (exact) mass is 315 g/mol. The van der Waals surface area contributed by atoms with Crippen molar-refractivity contribution in [3.63, 3.8) is 0 Å². The van der Waals surface area contributed by atoms with Crippen molar-refractivity contribution >= 4 is 21.8 Å². The van der Waals surface area contributed by atoms with Gasteiger partial charge in [-0.3, -0.25) is 9.48 Å². The molecule has 18 heavy (non-hydrogen) atoms. The largest absolute Gasteiger partial charge is 0.377 e. The van der Waals surface area contributed by atoms with Gasteiger partial charge in [0.05, 0.1) is 12.7 Å². The Morgan fingerprint density at radius 1 is 1.56 bits per heavy atom. The zero-order chi connectivity index (χ0) is 13.0. The summed E-state index contributed by atoms with van der Waals surface area (Å²) in [5.41, 5.74) is 0.525. The molecule has 0 N–H and O–H groups in total. The fourth-order valence-electron chi connectivity index (χ4n) is 2.13. The van der Waals surface area contributed by atoms with Gasteiger partial charge in [-0.05, 0) is 18.9 Å². The number of piperidine rings is 1. The molecule has 0 spiro atoms. The lowest BCUT2D eigenvalue weighted by atomic mass is 10.1. The number of carbonyl (C=O) groups excluding carboxylic acids is 1. The van der Waals surface area contributed by atoms with E-state index in [-0.39, 0.29) is 12.0 Å². The first-order valence-corrected chi connectivity index (χ1v) is 7.29. The Morgan fingerprint density at radius 2 is 2.28 bits per heavy atom. The van der Waals surface area contributed by atoms with Gasteiger partial charge in [-0.1, -0.05) is 15.9 Å². The van der Waals surface area contributed by atoms with Crippen LogP contribution < -0.4 is 0 Å². The van der Waals surface area contributed by atoms with Crippen molar-refractivity contribution in [1.82, 2.24) is 14.7 Å². The van der Waals surface area contributed by atoms with Crippen molar-refractivity contribution in [3.05, 3.63) is 18.0 Å². The van der Waals surface area contributed by atoms with Crippen LogP contribution in [0.25, 0.3) is 0 Å². The fraction of sp³-hybridized carbons (Fsp3) is 0.667. The van der Waals surface area contributed by atoms with Crippen molar-refractivity contribution in [2.75, 3.05) is 25.0 Å². The molecular formula is C12H18BrN3O2. The van der Waals surface area contributed by atoms with Crippen molar-refractivity contribution < 1.29 is 9.53 Å². The number of rotatable bonds is 4. The predicted molar refractivity (Wildman–Crippen MR) is 71.9 cm³/mol. The van der Waals surface area contributed by atoms with Gasteiger partial charge in [0.15, 0.2) is 0 Å². The molecule has 0 saturated carbocycles. The van der Waals surface area contributed by atoms with Gasteiger partial charge in [-0.15, -0.1) is 0 Å². The molecule has 1 aromatic heterocycles. The summed E-state index contributed by atoms with van der Waals surface area (Å²) in [6.45, 7) is 2.24. The minimum Gasteiger partial charge on any atom is -0.377 e. The summed E-state index contributed by atoms with van der Waals surface area (Å²) >= 11 is 3.34. The Bertz CT molecular complexity index is 400. The Hall–Kier alpha value is -0.880. The smallest absolute Gasteiger partial charge is 0.274 e. The highest BCUT2D eigenvalue weighted by Crippen LogP contribution is 2.15. The molecule has 1 saturated heterocycles. The third-order valence-corrected chi connectivity index (χ3v) is 3.42. The lowest BCUT2D eigenvalue weighted by molar-refractivity contribution is 0.0158. The summed E-state index contributed by atoms with van der Waals surface area (Å²) in [6.07, 6.45) is 3.89. The first kappa shape index (κ1) is 13.5. The zero-order valence-electron chi connectivity index (χ0n) is 10.5. The van der Waals surface area contributed by atoms with Crippen molar-refractivity contribution in [3.8, 4) is 0 Å². The molecule has 1 amide bonds. The summed E-state index contributed by atoms with van der Waals surface area (Å²) in [7, 11) is 1.82. The quantitative estimate of drug-likeness (QED) is 0.790. The van der Waals surface area contributed by atoms with Crippen LogP contribution in [0.1, 0.15) is 23.3 Å². The van der Waals surface area contributed by atoms with Crippen LogP contribution in [0.5, 0.6) is 0 Å². The topological polar surface area (TPSA) is 47.4 Å². The Morgan fingerprint density at radius 3 is 2.83 bits per heavy atom. The first-order valence-electron chi connectivity index (χ1n) is 6.17. The number of halogens is 1. The molecule has 0 bridgehead atoms. The van der Waals surface area contributed by atoms with Crippen LogP contribution in [0.3, 0.4) is 0 Å². The molecule has 100 valence electrons. The van der Waals surface area contributed by atoms with Crippen molar-refractivity contribution in [2.45, 2.75) is 18.9 Å². The SMILES string of the molecule is Cn1ccc(C(=O)N2CCC(OCCBr)CC2)n1. The van der Waals surface area contributed by atoms with E-state index in [0.29, 0.717) is 5.69 Å². The number of aryl methyl sites for hydroxylation is 1. The van der Waals surface area contributed by atoms with Gasteiger partial charge in [-0.25, -0.2) is 0 Å². The predicted octanol–water partition coefficient (Wildman–Crippen LogP) is 1.44. The van der Waals surface area contributed by atoms with Crippen LogP contribution in [0.4, 0.5) is 0 Å². The standard InChI is InChI=1S/C12H18BrN3O2/c1-15-6-4-11(14-15)12(17)16-7-2-10(3-8-16)18-9-5-13/h4,6,10H,2-3,5,7-9H2,1H3. The highest BCUT2D eigenvalue weighted by Gasteiger charge is 2.24. The molecule has 2 rings (SSSR count). The van der Waals surface area contributed by atoms with Crippen LogP contribution in [0, 0.1) is 0 Å². The molecule has 2 heterocycles. The van der Waals surface area contributed by atoms with E-state index in [1.54, 1.807) is 16.9 Å². The van der Waals surface area contributed by atoms with Gasteiger partial charge in [0.2, 0.25) is 0 Å². The van der Waals surface area contributed by atoms with E-state index in [1.807, 2.05) is 11.9 Å². The molecule has 1 aromatic rings. The van der Waals surface area contributed by atoms with E-state index >= 15 is 0 Å². The average Bonchev–Trinajstić information content (AvgIpc) is 2.83. The molecule has 0 unspecified atom stereocenters. The van der Waals surface area contributed by atoms with Crippen LogP contribution >= 0.6 is 15.9 Å². The van der Waals surface area contributed by atoms with Crippen LogP contribution in [0.15, 0.2) is 12.3 Å². The first-order chi connectivity index (χ1) is 8.70. The number of ether oxygens (including phenoxy) is 1. The molecule has 6 heteroatoms. The van der Waals surface area contributed by atoms with Crippen molar-refractivity contribution in [2.24, 2.45) is 7.05 Å². The van der Waals surface area contributed by atoms with E-state index in [2.05, 4.69) is 21.0 Å². The molecule has 0 aromatic carbocycles. The normalized spacial score (nSPS) is 17.1. The van der Waals surface area contributed by atoms with E-state index in [0.717, 1.165) is 37.9 Å². The van der Waals surface area contributed by atoms with E-state index < -0.39 is 0 Å². The Balaban J connectivity index is 1.84. The number of alkyl halides is 1. The average molecular weight is 316 g/mol. The number of hydrogen-bond acceptors (Lipinski definition) is 3. The number of nitrogens with zero attached hydrogens (tertiary/aromatic N) is 3. The van der Waals surface area contributed by atoms with Crippen molar-refractivity contribution in [1.29, 1.82) is 0 Å². The van der Waals surface area contributed by atoms with E-state index in [4.69, 9.17) is 4.74 Å². The molecule has 0 radical (unpaired) electrons. The maximum absolute atomic E-state index is 12.1. The summed E-state index contributed by atoms with van der Waals surface area (Å²) < 4.78 is 7.32. The molecule has 0 aliphatic carbocycles. The maximum Gasteiger partial charge on any atom is 0.274 e.